The van der Waals surface area contributed by atoms with Crippen LogP contribution < -0.4 is 16.0 Å². The van der Waals surface area contributed by atoms with Crippen molar-refractivity contribution in [1.82, 2.24) is 30.2 Å². The lowest BCUT2D eigenvalue weighted by Crippen LogP contribution is -2.56. The van der Waals surface area contributed by atoms with Crippen LogP contribution in [0.25, 0.3) is 0 Å². The fourth-order valence-corrected chi connectivity index (χ4v) is 6.54. The summed E-state index contributed by atoms with van der Waals surface area (Å²) in [4.78, 5) is 57.5. The Labute approximate surface area is 275 Å². The molecule has 4 atom stereocenters. The first-order valence-corrected chi connectivity index (χ1v) is 16.8. The molecule has 256 valence electrons. The first kappa shape index (κ1) is 34.5. The number of nitrogens with one attached hydrogen (secondary N) is 3. The number of aromatic nitrogens is 2. The standard InChI is InChI=1S/C34H48FN7O5/c1-6-42-27(13-14-36-42)32(44)39-30(28(22-7-8-22)23-9-10-23)33(45)37-26-12-11-24(19-25(26)35)20(2)29(38-31(43)21(3)47-5)34(46)41-17-15-40(4)16-18-41/h11-14,19-23,28-30H,6-10,15-18H2,1-5H3,(H,37,45)(H,38,43)(H,39,44)/t20-,21-,29+,30-/m0/s1. The number of ether oxygens (including phenoxy) is 1. The van der Waals surface area contributed by atoms with Crippen LogP contribution in [0.4, 0.5) is 10.1 Å². The van der Waals surface area contributed by atoms with Crippen LogP contribution in [-0.2, 0) is 25.7 Å². The molecule has 2 aromatic rings. The zero-order chi connectivity index (χ0) is 33.8. The molecule has 1 aromatic heterocycles. The third kappa shape index (κ3) is 8.18. The number of methoxy groups -OCH3 is 1. The number of aryl methyl sites for hydroxylation is 1. The van der Waals surface area contributed by atoms with Crippen LogP contribution in [0.5, 0.6) is 0 Å². The minimum absolute atomic E-state index is 0.0203. The maximum Gasteiger partial charge on any atom is 0.270 e. The molecule has 0 radical (unpaired) electrons. The largest absolute Gasteiger partial charge is 0.372 e. The van der Waals surface area contributed by atoms with Gasteiger partial charge in [0, 0.05) is 51.9 Å². The molecule has 0 spiro atoms. The van der Waals surface area contributed by atoms with Gasteiger partial charge in [-0.2, -0.15) is 5.10 Å². The van der Waals surface area contributed by atoms with Gasteiger partial charge in [-0.05, 0) is 88.1 Å². The maximum atomic E-state index is 15.7. The predicted octanol–water partition coefficient (Wildman–Crippen LogP) is 2.61. The van der Waals surface area contributed by atoms with E-state index in [2.05, 4.69) is 25.9 Å². The average molecular weight is 654 g/mol. The molecule has 4 amide bonds. The quantitative estimate of drug-likeness (QED) is 0.285. The number of hydrogen-bond acceptors (Lipinski definition) is 7. The molecule has 0 unspecified atom stereocenters. The van der Waals surface area contributed by atoms with Gasteiger partial charge in [-0.15, -0.1) is 0 Å². The molecule has 1 saturated heterocycles. The lowest BCUT2D eigenvalue weighted by Gasteiger charge is -2.36. The molecular formula is C34H48FN7O5. The van der Waals surface area contributed by atoms with Gasteiger partial charge in [0.15, 0.2) is 0 Å². The van der Waals surface area contributed by atoms with E-state index < -0.39 is 41.7 Å². The van der Waals surface area contributed by atoms with E-state index in [0.29, 0.717) is 55.8 Å². The summed E-state index contributed by atoms with van der Waals surface area (Å²) < 4.78 is 22.5. The first-order chi connectivity index (χ1) is 22.5. The second-order valence-electron chi connectivity index (χ2n) is 13.2. The molecule has 13 heteroatoms. The second kappa shape index (κ2) is 14.9. The van der Waals surface area contributed by atoms with E-state index in [-0.39, 0.29) is 23.4 Å². The SMILES string of the molecule is CCn1nccc1C(=O)N[C@H](C(=O)Nc1ccc([C@H](C)[C@@H](NC(=O)[C@H](C)OC)C(=O)N2CCN(C)CC2)cc1F)C(C1CC1)C1CC1. The van der Waals surface area contributed by atoms with Crippen LogP contribution in [-0.4, -0.2) is 102 Å². The van der Waals surface area contributed by atoms with Crippen molar-refractivity contribution in [1.29, 1.82) is 0 Å². The highest BCUT2D eigenvalue weighted by Crippen LogP contribution is 2.51. The Hall–Kier alpha value is -3.84. The monoisotopic (exact) mass is 653 g/mol. The molecule has 2 aliphatic carbocycles. The highest BCUT2D eigenvalue weighted by atomic mass is 19.1. The van der Waals surface area contributed by atoms with Gasteiger partial charge in [0.25, 0.3) is 5.91 Å². The van der Waals surface area contributed by atoms with Gasteiger partial charge in [0.1, 0.15) is 29.7 Å². The Morgan fingerprint density at radius 1 is 0.957 bits per heavy atom. The van der Waals surface area contributed by atoms with E-state index in [1.54, 1.807) is 41.8 Å². The van der Waals surface area contributed by atoms with Gasteiger partial charge in [0.05, 0.1) is 5.69 Å². The summed E-state index contributed by atoms with van der Waals surface area (Å²) in [5.74, 6) is -2.13. The molecule has 2 saturated carbocycles. The van der Waals surface area contributed by atoms with Gasteiger partial charge in [-0.1, -0.05) is 13.0 Å². The van der Waals surface area contributed by atoms with Gasteiger partial charge < -0.3 is 30.5 Å². The van der Waals surface area contributed by atoms with Crippen molar-refractivity contribution >= 4 is 29.3 Å². The summed E-state index contributed by atoms with van der Waals surface area (Å²) in [6.45, 7) is 8.23. The number of carbonyl (C=O) groups excluding carboxylic acids is 4. The zero-order valence-electron chi connectivity index (χ0n) is 28.0. The van der Waals surface area contributed by atoms with E-state index in [1.165, 1.54) is 19.2 Å². The topological polar surface area (TPSA) is 138 Å². The van der Waals surface area contributed by atoms with E-state index in [0.717, 1.165) is 25.7 Å². The number of piperazine rings is 1. The Balaban J connectivity index is 1.34. The van der Waals surface area contributed by atoms with E-state index in [4.69, 9.17) is 4.74 Å². The number of rotatable bonds is 14. The van der Waals surface area contributed by atoms with Crippen LogP contribution in [0.15, 0.2) is 30.5 Å². The minimum Gasteiger partial charge on any atom is -0.372 e. The normalized spacial score (nSPS) is 19.5. The van der Waals surface area contributed by atoms with Crippen LogP contribution in [0.1, 0.15) is 68.4 Å². The molecule has 3 fully saturated rings. The Bertz CT molecular complexity index is 1440. The predicted molar refractivity (Wildman–Crippen MR) is 174 cm³/mol. The number of amides is 4. The van der Waals surface area contributed by atoms with E-state index in [1.807, 2.05) is 14.0 Å². The fraction of sp³-hybridized carbons (Fsp3) is 0.618. The first-order valence-electron chi connectivity index (χ1n) is 16.8. The highest BCUT2D eigenvalue weighted by Gasteiger charge is 2.48. The maximum absolute atomic E-state index is 15.7. The van der Waals surface area contributed by atoms with Crippen LogP contribution in [0.3, 0.4) is 0 Å². The summed E-state index contributed by atoms with van der Waals surface area (Å²) in [7, 11) is 3.41. The fourth-order valence-electron chi connectivity index (χ4n) is 6.54. The average Bonchev–Trinajstić information content (AvgIpc) is 4.02. The lowest BCUT2D eigenvalue weighted by atomic mass is 9.88. The molecule has 12 nitrogen and oxygen atoms in total. The molecule has 3 N–H and O–H groups in total. The Kier molecular flexibility index (Phi) is 11.0. The third-order valence-corrected chi connectivity index (χ3v) is 9.91. The molecule has 0 bridgehead atoms. The lowest BCUT2D eigenvalue weighted by molar-refractivity contribution is -0.140. The smallest absolute Gasteiger partial charge is 0.270 e. The summed E-state index contributed by atoms with van der Waals surface area (Å²) in [6.07, 6.45) is 4.79. The number of likely N-dealkylation sites (N-methyl/N-ethyl adjacent to an activating group) is 1. The van der Waals surface area contributed by atoms with Crippen LogP contribution in [0, 0.1) is 23.6 Å². The van der Waals surface area contributed by atoms with E-state index in [9.17, 15) is 19.2 Å². The minimum atomic E-state index is -0.947. The Morgan fingerprint density at radius 2 is 1.62 bits per heavy atom. The molecule has 1 aliphatic heterocycles. The third-order valence-electron chi connectivity index (χ3n) is 9.91. The Morgan fingerprint density at radius 3 is 2.19 bits per heavy atom. The van der Waals surface area contributed by atoms with Crippen LogP contribution >= 0.6 is 0 Å². The number of halogens is 1. The number of nitrogens with zero attached hydrogens (tertiary/aromatic N) is 4. The number of carbonyl (C=O) groups is 4. The van der Waals surface area contributed by atoms with Gasteiger partial charge >= 0.3 is 0 Å². The second-order valence-corrected chi connectivity index (χ2v) is 13.2. The molecule has 3 aliphatic rings. The molecule has 5 rings (SSSR count). The van der Waals surface area contributed by atoms with Crippen LogP contribution in [0.2, 0.25) is 0 Å². The van der Waals surface area contributed by atoms with Gasteiger partial charge in [-0.25, -0.2) is 4.39 Å². The summed E-state index contributed by atoms with van der Waals surface area (Å²) in [6, 6.07) is 4.28. The van der Waals surface area contributed by atoms with E-state index >= 15 is 4.39 Å². The summed E-state index contributed by atoms with van der Waals surface area (Å²) >= 11 is 0. The molecule has 47 heavy (non-hydrogen) atoms. The molecular weight excluding hydrogens is 605 g/mol. The number of anilines is 1. The van der Waals surface area contributed by atoms with Crippen molar-refractivity contribution in [2.24, 2.45) is 17.8 Å². The highest BCUT2D eigenvalue weighted by molar-refractivity contribution is 6.01. The summed E-state index contributed by atoms with van der Waals surface area (Å²) in [5, 5.41) is 12.7. The van der Waals surface area contributed by atoms with Crippen molar-refractivity contribution in [2.45, 2.75) is 77.1 Å². The van der Waals surface area contributed by atoms with Crippen molar-refractivity contribution in [3.8, 4) is 0 Å². The number of benzene rings is 1. The van der Waals surface area contributed by atoms with Crippen molar-refractivity contribution in [3.63, 3.8) is 0 Å². The number of hydrogen-bond donors (Lipinski definition) is 3. The summed E-state index contributed by atoms with van der Waals surface area (Å²) in [5.41, 5.74) is 0.839. The molecule has 1 aromatic carbocycles. The van der Waals surface area contributed by atoms with Crippen molar-refractivity contribution in [2.75, 3.05) is 45.7 Å². The van der Waals surface area contributed by atoms with Crippen molar-refractivity contribution in [3.05, 3.63) is 47.5 Å². The van der Waals surface area contributed by atoms with Crippen molar-refractivity contribution < 1.29 is 28.3 Å². The van der Waals surface area contributed by atoms with Gasteiger partial charge in [0.2, 0.25) is 17.7 Å². The zero-order valence-corrected chi connectivity index (χ0v) is 28.0. The van der Waals surface area contributed by atoms with Gasteiger partial charge in [-0.3, -0.25) is 23.9 Å². The molecule has 2 heterocycles.